The van der Waals surface area contributed by atoms with Gasteiger partial charge in [-0.2, -0.15) is 0 Å². The van der Waals surface area contributed by atoms with Crippen LogP contribution in [0.15, 0.2) is 24.3 Å². The molecular formula is C84H147N3O28. The zero-order chi connectivity index (χ0) is 88.9. The molecule has 1 atom stereocenters. The van der Waals surface area contributed by atoms with Gasteiger partial charge in [-0.15, -0.1) is 0 Å². The first-order valence-electron chi connectivity index (χ1n) is 40.8. The zero-order valence-electron chi connectivity index (χ0n) is 73.3. The third-order valence-corrected chi connectivity index (χ3v) is 18.1. The minimum atomic E-state index is -1.20. The second-order valence-electron chi connectivity index (χ2n) is 30.0. The fourth-order valence-electron chi connectivity index (χ4n) is 7.22. The third-order valence-electron chi connectivity index (χ3n) is 18.1. The summed E-state index contributed by atoms with van der Waals surface area (Å²) in [4.78, 5) is 158. The quantitative estimate of drug-likeness (QED) is 0.0200. The van der Waals surface area contributed by atoms with Crippen LogP contribution in [0.4, 0.5) is 14.4 Å². The van der Waals surface area contributed by atoms with Crippen molar-refractivity contribution in [3.05, 3.63) is 35.4 Å². The lowest BCUT2D eigenvalue weighted by atomic mass is 9.91. The molecule has 0 fully saturated rings. The largest absolute Gasteiger partial charge is 0.481 e. The smallest absolute Gasteiger partial charge is 0.407 e. The second-order valence-corrected chi connectivity index (χ2v) is 30.0. The monoisotopic (exact) mass is 1650 g/mol. The molecule has 0 saturated carbocycles. The van der Waals surface area contributed by atoms with Gasteiger partial charge in [-0.3, -0.25) is 43.2 Å². The number of nitrogens with one attached hydrogen (secondary N) is 3. The number of alkyl carbamates (subject to hydrolysis) is 3. The lowest BCUT2D eigenvalue weighted by Crippen LogP contribution is -2.32. The van der Waals surface area contributed by atoms with Crippen molar-refractivity contribution in [2.75, 3.05) is 92.3 Å². The number of esters is 8. The highest BCUT2D eigenvalue weighted by atomic mass is 16.6. The minimum Gasteiger partial charge on any atom is -0.481 e. The van der Waals surface area contributed by atoms with E-state index in [0.29, 0.717) is 110 Å². The summed E-state index contributed by atoms with van der Waals surface area (Å²) in [5.74, 6) is -5.21. The van der Waals surface area contributed by atoms with E-state index < -0.39 is 69.2 Å². The van der Waals surface area contributed by atoms with Crippen LogP contribution in [0, 0.1) is 33.0 Å². The third kappa shape index (κ3) is 65.1. The maximum atomic E-state index is 11.8. The summed E-state index contributed by atoms with van der Waals surface area (Å²) in [6.45, 7) is 40.2. The van der Waals surface area contributed by atoms with Crippen LogP contribution in [0.2, 0.25) is 0 Å². The summed E-state index contributed by atoms with van der Waals surface area (Å²) >= 11 is 0. The van der Waals surface area contributed by atoms with Crippen LogP contribution in [0.5, 0.6) is 0 Å². The molecule has 1 rings (SSSR count). The van der Waals surface area contributed by atoms with E-state index in [4.69, 9.17) is 67.4 Å². The van der Waals surface area contributed by atoms with Gasteiger partial charge >= 0.3 is 83.9 Å². The molecule has 3 amide bonds. The lowest BCUT2D eigenvalue weighted by molar-refractivity contribution is -0.155. The summed E-state index contributed by atoms with van der Waals surface area (Å²) < 4.78 is 55.4. The van der Waals surface area contributed by atoms with Crippen molar-refractivity contribution in [1.82, 2.24) is 16.0 Å². The fraction of sp³-hybridized carbons (Fsp3) is 0.762. The number of unbranched alkanes of at least 4 members (excludes halogenated alkanes) is 9. The summed E-state index contributed by atoms with van der Waals surface area (Å²) in [5.41, 5.74) is -2.85. The zero-order valence-corrected chi connectivity index (χ0v) is 73.3. The molecule has 0 aromatic heterocycles. The molecule has 0 saturated heterocycles. The molecule has 0 aliphatic carbocycles. The van der Waals surface area contributed by atoms with Gasteiger partial charge in [0.25, 0.3) is 0 Å². The SMILES string of the molecule is CCC(C)(C)C(=O)O.CCC(C)(C)C(=O)O.CCC(C)(C)C(=O)OCCOC(=O)c1ccccc1C(=O)O.CCCCOC(=O)CCCCCOC(=O)NCCOC(=O)C(C)(C)CC.CCCCOC(=O)CCCCCOC(=O)NCCOC(=O)C(C)(C)CC.CCCCOC(=O)CCCCCOC(=O)NCCOC(=O)C(C)CC. The normalized spacial score (nSPS) is 11.1. The molecule has 6 N–H and O–H groups in total. The Balaban J connectivity index is -0.000000438. The van der Waals surface area contributed by atoms with Gasteiger partial charge < -0.3 is 83.4 Å². The average molecular weight is 1650 g/mol. The van der Waals surface area contributed by atoms with Gasteiger partial charge in [0, 0.05) is 19.3 Å². The first kappa shape index (κ1) is 115. The summed E-state index contributed by atoms with van der Waals surface area (Å²) in [7, 11) is 0. The molecule has 1 unspecified atom stereocenters. The van der Waals surface area contributed by atoms with E-state index in [9.17, 15) is 67.1 Å². The van der Waals surface area contributed by atoms with Crippen molar-refractivity contribution in [1.29, 1.82) is 0 Å². The highest BCUT2D eigenvalue weighted by molar-refractivity contribution is 6.02. The van der Waals surface area contributed by atoms with Crippen LogP contribution in [-0.4, -0.2) is 192 Å². The molecular weight excluding hydrogens is 1500 g/mol. The Kier molecular flexibility index (Phi) is 69.4. The van der Waals surface area contributed by atoms with E-state index in [1.54, 1.807) is 54.5 Å². The topological polar surface area (TPSA) is 437 Å². The molecule has 666 valence electrons. The molecule has 0 bridgehead atoms. The molecule has 31 heteroatoms. The van der Waals surface area contributed by atoms with E-state index in [1.165, 1.54) is 18.2 Å². The number of carboxylic acids is 3. The number of amides is 3. The molecule has 0 aliphatic heterocycles. The van der Waals surface area contributed by atoms with Gasteiger partial charge in [-0.05, 0) is 197 Å². The standard InChI is InChI=1S/2C19H35NO6.C18H33NO6.C16H20O6.2C6H12O2/c2*1-5-7-13-24-16(21)11-9-8-10-14-26-18(23)20-12-15-25-17(22)19(3,4)6-2;1-4-6-12-23-16(20)10-8-7-9-13-25-18(22)19-11-14-24-17(21)15(3)5-2;1-4-16(2,3)15(20)22-10-9-21-14(19)12-8-6-5-7-11(12)13(17)18;2*1-4-6(2,3)5(7)8/h2*5-15H2,1-4H3,(H,20,23);15H,4-14H2,1-3H3,(H,19,22);5-8H,4,9-10H2,1-3H3,(H,17,18);2*4H2,1-3H3,(H,7,8). The van der Waals surface area contributed by atoms with E-state index in [-0.39, 0.29) is 111 Å². The summed E-state index contributed by atoms with van der Waals surface area (Å²) in [5, 5.41) is 33.5. The number of rotatable bonds is 53. The van der Waals surface area contributed by atoms with Gasteiger partial charge in [0.2, 0.25) is 0 Å². The Morgan fingerprint density at radius 3 is 0.870 bits per heavy atom. The maximum Gasteiger partial charge on any atom is 0.407 e. The number of aliphatic carboxylic acids is 2. The molecule has 1 aromatic carbocycles. The van der Waals surface area contributed by atoms with Gasteiger partial charge in [0.15, 0.2) is 0 Å². The Morgan fingerprint density at radius 1 is 0.322 bits per heavy atom. The van der Waals surface area contributed by atoms with Crippen LogP contribution in [0.3, 0.4) is 0 Å². The van der Waals surface area contributed by atoms with Crippen molar-refractivity contribution in [3.8, 4) is 0 Å². The number of carboxylic acid groups (broad SMARTS) is 3. The Morgan fingerprint density at radius 2 is 0.600 bits per heavy atom. The van der Waals surface area contributed by atoms with Gasteiger partial charge in [-0.1, -0.05) is 101 Å². The molecule has 0 aliphatic rings. The fourth-order valence-corrected chi connectivity index (χ4v) is 7.22. The first-order chi connectivity index (χ1) is 54.0. The Bertz CT molecular complexity index is 2800. The highest BCUT2D eigenvalue weighted by Gasteiger charge is 2.30. The van der Waals surface area contributed by atoms with Crippen LogP contribution in [0.25, 0.3) is 0 Å². The summed E-state index contributed by atoms with van der Waals surface area (Å²) in [6, 6.07) is 5.77. The molecule has 0 heterocycles. The van der Waals surface area contributed by atoms with Crippen molar-refractivity contribution < 1.29 is 135 Å². The summed E-state index contributed by atoms with van der Waals surface area (Å²) in [6.07, 6.45) is 16.0. The van der Waals surface area contributed by atoms with Crippen molar-refractivity contribution >= 4 is 83.9 Å². The second kappa shape index (κ2) is 69.5. The number of benzene rings is 1. The van der Waals surface area contributed by atoms with E-state index in [1.807, 2.05) is 90.0 Å². The molecule has 31 nitrogen and oxygen atoms in total. The highest BCUT2D eigenvalue weighted by Crippen LogP contribution is 2.24. The van der Waals surface area contributed by atoms with Gasteiger partial charge in [-0.25, -0.2) is 24.0 Å². The van der Waals surface area contributed by atoms with Crippen LogP contribution in [-0.2, 0) is 95.3 Å². The molecule has 115 heavy (non-hydrogen) atoms. The predicted octanol–water partition coefficient (Wildman–Crippen LogP) is 15.9. The van der Waals surface area contributed by atoms with Crippen LogP contribution >= 0.6 is 0 Å². The number of hydrogen-bond donors (Lipinski definition) is 6. The minimum absolute atomic E-state index is 0.0322. The van der Waals surface area contributed by atoms with Crippen LogP contribution in [0.1, 0.15) is 313 Å². The maximum absolute atomic E-state index is 11.8. The average Bonchev–Trinajstić information content (AvgIpc) is 0.850. The van der Waals surface area contributed by atoms with E-state index in [0.717, 1.165) is 83.5 Å². The van der Waals surface area contributed by atoms with Gasteiger partial charge in [0.05, 0.1) is 103 Å². The molecule has 1 aromatic rings. The Labute approximate surface area is 684 Å². The van der Waals surface area contributed by atoms with Crippen molar-refractivity contribution in [2.45, 2.75) is 293 Å². The van der Waals surface area contributed by atoms with E-state index in [2.05, 4.69) is 16.0 Å². The van der Waals surface area contributed by atoms with Crippen molar-refractivity contribution in [2.24, 2.45) is 33.0 Å². The van der Waals surface area contributed by atoms with Crippen molar-refractivity contribution in [3.63, 3.8) is 0 Å². The number of hydrogen-bond acceptors (Lipinski definition) is 25. The lowest BCUT2D eigenvalue weighted by Gasteiger charge is -2.20. The predicted molar refractivity (Wildman–Crippen MR) is 434 cm³/mol. The molecule has 0 spiro atoms. The number of ether oxygens (including phenoxy) is 11. The number of carbonyl (C=O) groups excluding carboxylic acids is 11. The van der Waals surface area contributed by atoms with E-state index >= 15 is 0 Å². The molecule has 0 radical (unpaired) electrons. The number of carbonyl (C=O) groups is 14. The number of aromatic carboxylic acids is 1. The Hall–Kier alpha value is -8.80. The van der Waals surface area contributed by atoms with Crippen LogP contribution < -0.4 is 16.0 Å². The first-order valence-corrected chi connectivity index (χ1v) is 40.8. The van der Waals surface area contributed by atoms with Gasteiger partial charge in [0.1, 0.15) is 33.0 Å².